The summed E-state index contributed by atoms with van der Waals surface area (Å²) in [4.78, 5) is 37.4. The van der Waals surface area contributed by atoms with E-state index in [-0.39, 0.29) is 11.6 Å². The van der Waals surface area contributed by atoms with Crippen LogP contribution in [0, 0.1) is 0 Å². The van der Waals surface area contributed by atoms with Gasteiger partial charge in [-0.05, 0) is 36.8 Å². The smallest absolute Gasteiger partial charge is 0.344 e. The summed E-state index contributed by atoms with van der Waals surface area (Å²) in [5.41, 5.74) is 0.0125. The highest BCUT2D eigenvalue weighted by molar-refractivity contribution is 6.42. The molecule has 0 aliphatic heterocycles. The molecular formula is C16H14Cl2N2O4. The van der Waals surface area contributed by atoms with Crippen molar-refractivity contribution in [3.63, 3.8) is 0 Å². The van der Waals surface area contributed by atoms with Crippen LogP contribution in [0.2, 0.25) is 10.0 Å². The summed E-state index contributed by atoms with van der Waals surface area (Å²) in [6, 6.07) is 7.45. The third kappa shape index (κ3) is 4.59. The lowest BCUT2D eigenvalue weighted by molar-refractivity contribution is -0.124. The van der Waals surface area contributed by atoms with Crippen molar-refractivity contribution in [2.75, 3.05) is 6.61 Å². The van der Waals surface area contributed by atoms with Crippen molar-refractivity contribution in [3.05, 3.63) is 68.1 Å². The zero-order valence-electron chi connectivity index (χ0n) is 12.6. The Kier molecular flexibility index (Phi) is 6.00. The van der Waals surface area contributed by atoms with E-state index in [1.165, 1.54) is 18.3 Å². The van der Waals surface area contributed by atoms with Crippen molar-refractivity contribution in [2.24, 2.45) is 0 Å². The summed E-state index contributed by atoms with van der Waals surface area (Å²) in [5.74, 6) is -1.37. The number of pyridine rings is 1. The summed E-state index contributed by atoms with van der Waals surface area (Å²) in [5, 5.41) is 3.46. The Morgan fingerprint density at radius 3 is 2.67 bits per heavy atom. The Morgan fingerprint density at radius 1 is 1.25 bits per heavy atom. The monoisotopic (exact) mass is 368 g/mol. The van der Waals surface area contributed by atoms with Crippen LogP contribution in [0.15, 0.2) is 41.3 Å². The molecule has 0 radical (unpaired) electrons. The molecule has 1 atom stereocenters. The number of aromatic amines is 1. The van der Waals surface area contributed by atoms with Crippen molar-refractivity contribution in [1.29, 1.82) is 0 Å². The van der Waals surface area contributed by atoms with Crippen LogP contribution in [0.1, 0.15) is 28.9 Å². The first kappa shape index (κ1) is 18.0. The van der Waals surface area contributed by atoms with E-state index in [0.717, 1.165) is 5.56 Å². The molecule has 0 aliphatic carbocycles. The van der Waals surface area contributed by atoms with Crippen LogP contribution < -0.4 is 10.9 Å². The van der Waals surface area contributed by atoms with Crippen molar-refractivity contribution in [3.8, 4) is 0 Å². The van der Waals surface area contributed by atoms with E-state index in [4.69, 9.17) is 27.9 Å². The molecule has 0 aliphatic rings. The van der Waals surface area contributed by atoms with Gasteiger partial charge in [0.25, 0.3) is 11.5 Å². The van der Waals surface area contributed by atoms with Crippen molar-refractivity contribution < 1.29 is 14.3 Å². The average Bonchev–Trinajstić information content (AvgIpc) is 2.55. The first-order valence-corrected chi connectivity index (χ1v) is 7.73. The van der Waals surface area contributed by atoms with Gasteiger partial charge in [-0.2, -0.15) is 0 Å². The van der Waals surface area contributed by atoms with Gasteiger partial charge in [0.15, 0.2) is 6.61 Å². The molecular weight excluding hydrogens is 355 g/mol. The number of benzene rings is 1. The molecule has 6 nitrogen and oxygen atoms in total. The maximum atomic E-state index is 11.9. The average molecular weight is 369 g/mol. The number of H-pyrrole nitrogens is 1. The standard InChI is InChI=1S/C16H14Cl2N2O4/c1-9(10-4-5-12(17)13(18)7-10)20-14(21)8-24-16(23)11-3-2-6-19-15(11)22/h2-7,9H,8H2,1H3,(H,19,22)(H,20,21)/t9-/m0/s1. The number of esters is 1. The van der Waals surface area contributed by atoms with Crippen molar-refractivity contribution >= 4 is 35.1 Å². The third-order valence-electron chi connectivity index (χ3n) is 3.19. The Balaban J connectivity index is 1.91. The van der Waals surface area contributed by atoms with Gasteiger partial charge in [-0.25, -0.2) is 4.79 Å². The Morgan fingerprint density at radius 2 is 2.00 bits per heavy atom. The fraction of sp³-hybridized carbons (Fsp3) is 0.188. The van der Waals surface area contributed by atoms with Gasteiger partial charge < -0.3 is 15.0 Å². The van der Waals surface area contributed by atoms with Gasteiger partial charge in [0.05, 0.1) is 16.1 Å². The molecule has 0 saturated carbocycles. The van der Waals surface area contributed by atoms with Crippen LogP contribution in [-0.2, 0) is 9.53 Å². The Labute approximate surface area is 147 Å². The van der Waals surface area contributed by atoms with E-state index in [0.29, 0.717) is 10.0 Å². The summed E-state index contributed by atoms with van der Waals surface area (Å²) < 4.78 is 4.83. The molecule has 1 amide bonds. The number of hydrogen-bond donors (Lipinski definition) is 2. The molecule has 0 spiro atoms. The van der Waals surface area contributed by atoms with E-state index < -0.39 is 24.0 Å². The number of amides is 1. The quantitative estimate of drug-likeness (QED) is 0.794. The SMILES string of the molecule is C[C@H](NC(=O)COC(=O)c1ccc[nH]c1=O)c1ccc(Cl)c(Cl)c1. The van der Waals surface area contributed by atoms with Crippen LogP contribution in [0.3, 0.4) is 0 Å². The second kappa shape index (κ2) is 7.99. The summed E-state index contributed by atoms with van der Waals surface area (Å²) in [6.45, 7) is 1.25. The maximum absolute atomic E-state index is 11.9. The summed E-state index contributed by atoms with van der Waals surface area (Å²) >= 11 is 11.8. The van der Waals surface area contributed by atoms with Crippen LogP contribution >= 0.6 is 23.2 Å². The molecule has 2 rings (SSSR count). The molecule has 2 aromatic rings. The van der Waals surface area contributed by atoms with Gasteiger partial charge in [-0.15, -0.1) is 0 Å². The summed E-state index contributed by atoms with van der Waals surface area (Å²) in [6.07, 6.45) is 1.39. The van der Waals surface area contributed by atoms with Gasteiger partial charge >= 0.3 is 5.97 Å². The molecule has 1 heterocycles. The number of halogens is 2. The van der Waals surface area contributed by atoms with E-state index in [1.807, 2.05) is 0 Å². The number of carbonyl (C=O) groups is 2. The normalized spacial score (nSPS) is 11.6. The van der Waals surface area contributed by atoms with Gasteiger partial charge in [-0.1, -0.05) is 29.3 Å². The van der Waals surface area contributed by atoms with E-state index in [9.17, 15) is 14.4 Å². The molecule has 0 saturated heterocycles. The number of hydrogen-bond acceptors (Lipinski definition) is 4. The van der Waals surface area contributed by atoms with E-state index in [2.05, 4.69) is 10.3 Å². The van der Waals surface area contributed by atoms with Crippen LogP contribution in [0.25, 0.3) is 0 Å². The lowest BCUT2D eigenvalue weighted by Gasteiger charge is -2.15. The predicted molar refractivity (Wildman–Crippen MR) is 90.4 cm³/mol. The van der Waals surface area contributed by atoms with Crippen LogP contribution in [0.5, 0.6) is 0 Å². The van der Waals surface area contributed by atoms with Crippen LogP contribution in [0.4, 0.5) is 0 Å². The largest absolute Gasteiger partial charge is 0.452 e. The fourth-order valence-electron chi connectivity index (χ4n) is 1.94. The van der Waals surface area contributed by atoms with Crippen molar-refractivity contribution in [2.45, 2.75) is 13.0 Å². The topological polar surface area (TPSA) is 88.3 Å². The molecule has 1 aromatic heterocycles. The summed E-state index contributed by atoms with van der Waals surface area (Å²) in [7, 11) is 0. The molecule has 0 unspecified atom stereocenters. The molecule has 126 valence electrons. The first-order valence-electron chi connectivity index (χ1n) is 6.97. The molecule has 2 N–H and O–H groups in total. The lowest BCUT2D eigenvalue weighted by Crippen LogP contribution is -2.31. The van der Waals surface area contributed by atoms with E-state index >= 15 is 0 Å². The van der Waals surface area contributed by atoms with Gasteiger partial charge in [-0.3, -0.25) is 9.59 Å². The van der Waals surface area contributed by atoms with Gasteiger partial charge in [0.2, 0.25) is 0 Å². The maximum Gasteiger partial charge on any atom is 0.344 e. The minimum Gasteiger partial charge on any atom is -0.452 e. The predicted octanol–water partition coefficient (Wildman–Crippen LogP) is 2.72. The first-order chi connectivity index (χ1) is 11.4. The number of rotatable bonds is 5. The zero-order chi connectivity index (χ0) is 17.7. The number of ether oxygens (including phenoxy) is 1. The molecule has 8 heteroatoms. The highest BCUT2D eigenvalue weighted by atomic mass is 35.5. The molecule has 24 heavy (non-hydrogen) atoms. The Hall–Kier alpha value is -2.31. The van der Waals surface area contributed by atoms with Crippen molar-refractivity contribution in [1.82, 2.24) is 10.3 Å². The zero-order valence-corrected chi connectivity index (χ0v) is 14.1. The molecule has 0 fully saturated rings. The second-order valence-electron chi connectivity index (χ2n) is 4.95. The highest BCUT2D eigenvalue weighted by Crippen LogP contribution is 2.25. The second-order valence-corrected chi connectivity index (χ2v) is 5.77. The minimum absolute atomic E-state index is 0.164. The number of nitrogens with one attached hydrogen (secondary N) is 2. The molecule has 1 aromatic carbocycles. The minimum atomic E-state index is -0.866. The van der Waals surface area contributed by atoms with E-state index in [1.54, 1.807) is 25.1 Å². The lowest BCUT2D eigenvalue weighted by atomic mass is 10.1. The molecule has 0 bridgehead atoms. The third-order valence-corrected chi connectivity index (χ3v) is 3.93. The van der Waals surface area contributed by atoms with Gasteiger partial charge in [0, 0.05) is 6.20 Å². The van der Waals surface area contributed by atoms with Gasteiger partial charge in [0.1, 0.15) is 5.56 Å². The van der Waals surface area contributed by atoms with Crippen LogP contribution in [-0.4, -0.2) is 23.5 Å². The number of carbonyl (C=O) groups excluding carboxylic acids is 2. The Bertz CT molecular complexity index is 820. The number of aromatic nitrogens is 1. The fourth-order valence-corrected chi connectivity index (χ4v) is 2.25. The highest BCUT2D eigenvalue weighted by Gasteiger charge is 2.15.